The second kappa shape index (κ2) is 9.77. The van der Waals surface area contributed by atoms with Gasteiger partial charge in [-0.1, -0.05) is 13.8 Å². The van der Waals surface area contributed by atoms with Gasteiger partial charge in [0.25, 0.3) is 0 Å². The molecule has 3 N–H and O–H groups in total. The van der Waals surface area contributed by atoms with Gasteiger partial charge in [0.05, 0.1) is 12.0 Å². The van der Waals surface area contributed by atoms with Gasteiger partial charge >= 0.3 is 12.0 Å². The van der Waals surface area contributed by atoms with Crippen LogP contribution < -0.4 is 10.6 Å². The minimum atomic E-state index is -0.722. The number of rotatable bonds is 8. The van der Waals surface area contributed by atoms with E-state index in [0.29, 0.717) is 19.4 Å². The van der Waals surface area contributed by atoms with Crippen LogP contribution >= 0.6 is 11.3 Å². The van der Waals surface area contributed by atoms with Crippen molar-refractivity contribution in [2.75, 3.05) is 19.6 Å². The molecule has 0 saturated heterocycles. The lowest BCUT2D eigenvalue weighted by Crippen LogP contribution is -2.46. The summed E-state index contributed by atoms with van der Waals surface area (Å²) in [5.74, 6) is -0.979. The molecule has 0 spiro atoms. The van der Waals surface area contributed by atoms with Crippen molar-refractivity contribution in [3.05, 3.63) is 22.4 Å². The molecule has 7 heteroatoms. The van der Waals surface area contributed by atoms with E-state index in [9.17, 15) is 9.59 Å². The first-order valence-electron chi connectivity index (χ1n) is 9.08. The molecule has 1 atom stereocenters. The van der Waals surface area contributed by atoms with Gasteiger partial charge in [0.1, 0.15) is 0 Å². The molecule has 0 aliphatic heterocycles. The molecule has 2 amide bonds. The Morgan fingerprint density at radius 1 is 1.28 bits per heavy atom. The Balaban J connectivity index is 1.82. The van der Waals surface area contributed by atoms with E-state index in [0.717, 1.165) is 25.9 Å². The molecule has 1 unspecified atom stereocenters. The summed E-state index contributed by atoms with van der Waals surface area (Å²) >= 11 is 1.67. The van der Waals surface area contributed by atoms with Crippen LogP contribution in [0.1, 0.15) is 51.1 Å². The summed E-state index contributed by atoms with van der Waals surface area (Å²) in [5, 5.41) is 19.2. The third kappa shape index (κ3) is 5.71. The van der Waals surface area contributed by atoms with Crippen molar-refractivity contribution in [1.29, 1.82) is 0 Å². The first-order valence-corrected chi connectivity index (χ1v) is 10.0. The number of carbonyl (C=O) groups is 2. The maximum atomic E-state index is 12.2. The van der Waals surface area contributed by atoms with Crippen LogP contribution in [0.15, 0.2) is 16.8 Å². The number of carboxylic acids is 1. The first-order chi connectivity index (χ1) is 12.0. The van der Waals surface area contributed by atoms with Gasteiger partial charge in [-0.05, 0) is 61.2 Å². The summed E-state index contributed by atoms with van der Waals surface area (Å²) in [6.45, 7) is 6.68. The predicted molar refractivity (Wildman–Crippen MR) is 99.9 cm³/mol. The quantitative estimate of drug-likeness (QED) is 0.659. The molecular weight excluding hydrogens is 338 g/mol. The van der Waals surface area contributed by atoms with Crippen molar-refractivity contribution in [2.45, 2.75) is 51.6 Å². The number of hydrogen-bond donors (Lipinski definition) is 3. The maximum absolute atomic E-state index is 12.2. The van der Waals surface area contributed by atoms with Gasteiger partial charge in [-0.25, -0.2) is 4.79 Å². The Morgan fingerprint density at radius 3 is 2.48 bits per heavy atom. The number of aliphatic carboxylic acids is 1. The topological polar surface area (TPSA) is 81.7 Å². The lowest BCUT2D eigenvalue weighted by Gasteiger charge is -2.30. The molecular formula is C18H29N3O3S. The summed E-state index contributed by atoms with van der Waals surface area (Å²) in [7, 11) is 0. The average molecular weight is 368 g/mol. The number of hydrogen-bond acceptors (Lipinski definition) is 4. The number of nitrogens with zero attached hydrogens (tertiary/aromatic N) is 1. The van der Waals surface area contributed by atoms with Crippen molar-refractivity contribution in [3.63, 3.8) is 0 Å². The fourth-order valence-corrected chi connectivity index (χ4v) is 4.20. The standard InChI is InChI=1S/C18H29N3O3S/c1-3-21(4-2)16(14-9-10-25-12-14)11-19-18(24)20-15-7-5-13(6-8-15)17(22)23/h9-10,12-13,15-16H,3-8,11H2,1-2H3,(H,22,23)(H2,19,20,24). The third-order valence-electron chi connectivity index (χ3n) is 5.05. The Morgan fingerprint density at radius 2 is 1.96 bits per heavy atom. The molecule has 1 aromatic heterocycles. The van der Waals surface area contributed by atoms with Gasteiger partial charge in [0.15, 0.2) is 0 Å². The number of amides is 2. The largest absolute Gasteiger partial charge is 0.481 e. The zero-order valence-corrected chi connectivity index (χ0v) is 15.8. The summed E-state index contributed by atoms with van der Waals surface area (Å²) in [6, 6.07) is 2.20. The summed E-state index contributed by atoms with van der Waals surface area (Å²) in [4.78, 5) is 25.6. The van der Waals surface area contributed by atoms with Gasteiger partial charge < -0.3 is 15.7 Å². The van der Waals surface area contributed by atoms with E-state index >= 15 is 0 Å². The molecule has 0 bridgehead atoms. The highest BCUT2D eigenvalue weighted by Crippen LogP contribution is 2.25. The number of likely N-dealkylation sites (N-methyl/N-ethyl adjacent to an activating group) is 1. The van der Waals surface area contributed by atoms with Crippen LogP contribution in [-0.4, -0.2) is 47.7 Å². The van der Waals surface area contributed by atoms with Crippen LogP contribution in [0, 0.1) is 5.92 Å². The molecule has 140 valence electrons. The van der Waals surface area contributed by atoms with Crippen LogP contribution in [0.3, 0.4) is 0 Å². The smallest absolute Gasteiger partial charge is 0.315 e. The predicted octanol–water partition coefficient (Wildman–Crippen LogP) is 3.07. The van der Waals surface area contributed by atoms with Crippen molar-refractivity contribution in [3.8, 4) is 0 Å². The van der Waals surface area contributed by atoms with Gasteiger partial charge in [0, 0.05) is 12.6 Å². The normalized spacial score (nSPS) is 21.7. The first kappa shape index (κ1) is 19.7. The highest BCUT2D eigenvalue weighted by Gasteiger charge is 2.27. The Labute approximate surface area is 153 Å². The van der Waals surface area contributed by atoms with Gasteiger partial charge in [0.2, 0.25) is 0 Å². The van der Waals surface area contributed by atoms with Crippen molar-refractivity contribution >= 4 is 23.3 Å². The van der Waals surface area contributed by atoms with E-state index in [1.165, 1.54) is 5.56 Å². The Bertz CT molecular complexity index is 538. The SMILES string of the molecule is CCN(CC)C(CNC(=O)NC1CCC(C(=O)O)CC1)c1ccsc1. The fourth-order valence-electron chi connectivity index (χ4n) is 3.50. The molecule has 1 fully saturated rings. The molecule has 6 nitrogen and oxygen atoms in total. The molecule has 1 heterocycles. The second-order valence-corrected chi connectivity index (χ2v) is 7.31. The maximum Gasteiger partial charge on any atom is 0.315 e. The average Bonchev–Trinajstić information content (AvgIpc) is 3.13. The second-order valence-electron chi connectivity index (χ2n) is 6.53. The zero-order chi connectivity index (χ0) is 18.2. The highest BCUT2D eigenvalue weighted by atomic mass is 32.1. The van der Waals surface area contributed by atoms with E-state index in [2.05, 4.69) is 46.2 Å². The number of carbonyl (C=O) groups excluding carboxylic acids is 1. The number of carboxylic acid groups (broad SMARTS) is 1. The van der Waals surface area contributed by atoms with Crippen LogP contribution in [0.2, 0.25) is 0 Å². The van der Waals surface area contributed by atoms with Crippen molar-refractivity contribution in [2.24, 2.45) is 5.92 Å². The lowest BCUT2D eigenvalue weighted by molar-refractivity contribution is -0.142. The number of thiophene rings is 1. The molecule has 0 radical (unpaired) electrons. The summed E-state index contributed by atoms with van der Waals surface area (Å²) < 4.78 is 0. The number of nitrogens with one attached hydrogen (secondary N) is 2. The van der Waals surface area contributed by atoms with E-state index in [-0.39, 0.29) is 24.0 Å². The van der Waals surface area contributed by atoms with Crippen LogP contribution in [0.25, 0.3) is 0 Å². The molecule has 2 rings (SSSR count). The van der Waals surface area contributed by atoms with Gasteiger partial charge in [-0.2, -0.15) is 11.3 Å². The Hall–Kier alpha value is -1.60. The van der Waals surface area contributed by atoms with Crippen molar-refractivity contribution in [1.82, 2.24) is 15.5 Å². The summed E-state index contributed by atoms with van der Waals surface area (Å²) in [6.07, 6.45) is 2.73. The molecule has 0 aromatic carbocycles. The van der Waals surface area contributed by atoms with E-state index in [1.807, 2.05) is 0 Å². The van der Waals surface area contributed by atoms with Crippen LogP contribution in [0.4, 0.5) is 4.79 Å². The minimum Gasteiger partial charge on any atom is -0.481 e. The fraction of sp³-hybridized carbons (Fsp3) is 0.667. The van der Waals surface area contributed by atoms with E-state index in [4.69, 9.17) is 5.11 Å². The third-order valence-corrected chi connectivity index (χ3v) is 5.75. The van der Waals surface area contributed by atoms with Gasteiger partial charge in [-0.3, -0.25) is 9.69 Å². The van der Waals surface area contributed by atoms with Crippen LogP contribution in [-0.2, 0) is 4.79 Å². The van der Waals surface area contributed by atoms with Crippen LogP contribution in [0.5, 0.6) is 0 Å². The minimum absolute atomic E-state index is 0.0728. The van der Waals surface area contributed by atoms with E-state index < -0.39 is 5.97 Å². The monoisotopic (exact) mass is 367 g/mol. The lowest BCUT2D eigenvalue weighted by atomic mass is 9.86. The molecule has 1 aromatic rings. The summed E-state index contributed by atoms with van der Waals surface area (Å²) in [5.41, 5.74) is 1.23. The zero-order valence-electron chi connectivity index (χ0n) is 15.0. The molecule has 25 heavy (non-hydrogen) atoms. The van der Waals surface area contributed by atoms with Gasteiger partial charge in [-0.15, -0.1) is 0 Å². The number of urea groups is 1. The van der Waals surface area contributed by atoms with Crippen molar-refractivity contribution < 1.29 is 14.7 Å². The Kier molecular flexibility index (Phi) is 7.71. The molecule has 1 aliphatic rings. The molecule has 1 saturated carbocycles. The highest BCUT2D eigenvalue weighted by molar-refractivity contribution is 7.07. The molecule has 1 aliphatic carbocycles. The van der Waals surface area contributed by atoms with E-state index in [1.54, 1.807) is 11.3 Å².